The van der Waals surface area contributed by atoms with Crippen molar-refractivity contribution in [2.75, 3.05) is 19.3 Å². The smallest absolute Gasteiger partial charge is 0.339 e. The van der Waals surface area contributed by atoms with E-state index >= 15 is 0 Å². The van der Waals surface area contributed by atoms with Gasteiger partial charge in [-0.3, -0.25) is 14.0 Å². The van der Waals surface area contributed by atoms with Gasteiger partial charge in [0.05, 0.1) is 6.73 Å². The Hall–Kier alpha value is 0.220. The summed E-state index contributed by atoms with van der Waals surface area (Å²) in [6, 6.07) is 0. The van der Waals surface area contributed by atoms with E-state index in [1.54, 1.807) is 0 Å². The van der Waals surface area contributed by atoms with E-state index in [0.717, 1.165) is 0 Å². The highest BCUT2D eigenvalue weighted by molar-refractivity contribution is 7.52. The first-order valence-electron chi connectivity index (χ1n) is 3.06. The third-order valence-corrected chi connectivity index (χ3v) is 2.51. The lowest BCUT2D eigenvalue weighted by Crippen LogP contribution is -2.27. The van der Waals surface area contributed by atoms with E-state index < -0.39 is 34.5 Å². The molecule has 0 radical (unpaired) electrons. The monoisotopic (exact) mass is 235 g/mol. The molecule has 5 N–H and O–H groups in total. The van der Waals surface area contributed by atoms with Gasteiger partial charge < -0.3 is 24.7 Å². The summed E-state index contributed by atoms with van der Waals surface area (Å²) in [7, 11) is -8.80. The molecule has 0 aliphatic carbocycles. The van der Waals surface area contributed by atoms with Gasteiger partial charge in [-0.2, -0.15) is 0 Å². The van der Waals surface area contributed by atoms with Crippen molar-refractivity contribution in [3.05, 3.63) is 0 Å². The molecule has 0 aliphatic rings. The normalized spacial score (nSPS) is 13.7. The minimum atomic E-state index is -4.40. The summed E-state index contributed by atoms with van der Waals surface area (Å²) in [4.78, 5) is 34.3. The van der Waals surface area contributed by atoms with E-state index in [1.807, 2.05) is 0 Å². The van der Waals surface area contributed by atoms with Crippen LogP contribution in [0.1, 0.15) is 0 Å². The Morgan fingerprint density at radius 1 is 0.923 bits per heavy atom. The Labute approximate surface area is 74.1 Å². The van der Waals surface area contributed by atoms with Crippen molar-refractivity contribution in [2.45, 2.75) is 0 Å². The Kier molecular flexibility index (Phi) is 4.71. The molecular formula is C3H11NO7P2. The van der Waals surface area contributed by atoms with E-state index in [1.165, 1.54) is 0 Å². The maximum Gasteiger partial charge on any atom is 0.339 e. The van der Waals surface area contributed by atoms with Crippen LogP contribution in [0.5, 0.6) is 0 Å². The Morgan fingerprint density at radius 3 is 1.38 bits per heavy atom. The molecule has 0 amide bonds. The fourth-order valence-electron chi connectivity index (χ4n) is 0.655. The quantitative estimate of drug-likeness (QED) is 0.287. The minimum Gasteiger partial charge on any atom is -0.381 e. The third kappa shape index (κ3) is 8.55. The molecule has 0 heterocycles. The second-order valence-electron chi connectivity index (χ2n) is 2.42. The molecule has 0 fully saturated rings. The number of nitrogens with zero attached hydrogens (tertiary/aromatic N) is 1. The van der Waals surface area contributed by atoms with Crippen LogP contribution in [0.15, 0.2) is 0 Å². The van der Waals surface area contributed by atoms with Crippen molar-refractivity contribution in [1.29, 1.82) is 0 Å². The maximum absolute atomic E-state index is 10.4. The first-order valence-corrected chi connectivity index (χ1v) is 6.66. The SMILES string of the molecule is O=P(O)(O)CN(CO)CP(=O)(O)O. The highest BCUT2D eigenvalue weighted by Crippen LogP contribution is 2.40. The summed E-state index contributed by atoms with van der Waals surface area (Å²) in [5.74, 6) is 0. The zero-order valence-electron chi connectivity index (χ0n) is 6.52. The number of hydrogen-bond donors (Lipinski definition) is 5. The van der Waals surface area contributed by atoms with Crippen molar-refractivity contribution in [3.8, 4) is 0 Å². The molecule has 80 valence electrons. The predicted octanol–water partition coefficient (Wildman–Crippen LogP) is -1.49. The average molecular weight is 235 g/mol. The van der Waals surface area contributed by atoms with Gasteiger partial charge in [0.25, 0.3) is 0 Å². The molecular weight excluding hydrogens is 224 g/mol. The van der Waals surface area contributed by atoms with Crippen LogP contribution >= 0.6 is 15.2 Å². The lowest BCUT2D eigenvalue weighted by atomic mass is 10.9. The zero-order chi connectivity index (χ0) is 10.7. The van der Waals surface area contributed by atoms with Crippen molar-refractivity contribution in [1.82, 2.24) is 4.90 Å². The highest BCUT2D eigenvalue weighted by Gasteiger charge is 2.24. The van der Waals surface area contributed by atoms with Crippen molar-refractivity contribution >= 4 is 15.2 Å². The molecule has 0 rings (SSSR count). The molecule has 13 heavy (non-hydrogen) atoms. The molecule has 0 saturated carbocycles. The molecule has 0 spiro atoms. The molecule has 0 aromatic carbocycles. The summed E-state index contributed by atoms with van der Waals surface area (Å²) in [5.41, 5.74) is 0. The zero-order valence-corrected chi connectivity index (χ0v) is 8.30. The largest absolute Gasteiger partial charge is 0.381 e. The van der Waals surface area contributed by atoms with Gasteiger partial charge in [0.15, 0.2) is 0 Å². The first kappa shape index (κ1) is 13.2. The van der Waals surface area contributed by atoms with Gasteiger partial charge in [-0.25, -0.2) is 0 Å². The fraction of sp³-hybridized carbons (Fsp3) is 1.00. The van der Waals surface area contributed by atoms with Crippen LogP contribution in [0.4, 0.5) is 0 Å². The van der Waals surface area contributed by atoms with Gasteiger partial charge in [-0.15, -0.1) is 0 Å². The predicted molar refractivity (Wildman–Crippen MR) is 42.7 cm³/mol. The van der Waals surface area contributed by atoms with Crippen LogP contribution < -0.4 is 0 Å². The van der Waals surface area contributed by atoms with Crippen LogP contribution in [-0.2, 0) is 9.13 Å². The Balaban J connectivity index is 4.22. The van der Waals surface area contributed by atoms with Crippen LogP contribution in [0.25, 0.3) is 0 Å². The van der Waals surface area contributed by atoms with E-state index in [-0.39, 0.29) is 0 Å². The number of hydrogen-bond acceptors (Lipinski definition) is 4. The van der Waals surface area contributed by atoms with Gasteiger partial charge in [0.1, 0.15) is 12.6 Å². The van der Waals surface area contributed by atoms with Gasteiger partial charge in [0.2, 0.25) is 0 Å². The van der Waals surface area contributed by atoms with Gasteiger partial charge >= 0.3 is 15.2 Å². The topological polar surface area (TPSA) is 139 Å². The van der Waals surface area contributed by atoms with E-state index in [0.29, 0.717) is 4.90 Å². The fourth-order valence-corrected chi connectivity index (χ4v) is 2.23. The number of rotatable bonds is 5. The summed E-state index contributed by atoms with van der Waals surface area (Å²) in [5, 5.41) is 8.49. The molecule has 0 aromatic rings. The third-order valence-electron chi connectivity index (χ3n) is 0.968. The lowest BCUT2D eigenvalue weighted by Gasteiger charge is -2.19. The second-order valence-corrected chi connectivity index (χ2v) is 5.65. The highest BCUT2D eigenvalue weighted by atomic mass is 31.2. The minimum absolute atomic E-state index is 0.571. The van der Waals surface area contributed by atoms with Crippen LogP contribution in [0.2, 0.25) is 0 Å². The van der Waals surface area contributed by atoms with E-state index in [4.69, 9.17) is 24.7 Å². The standard InChI is InChI=1S/C3H11NO7P2/c5-1-4(2-12(6,7)8)3-13(9,10)11/h5H,1-3H2,(H2,6,7,8)(H2,9,10,11). The van der Waals surface area contributed by atoms with Crippen molar-refractivity contribution < 1.29 is 33.8 Å². The average Bonchev–Trinajstić information content (AvgIpc) is 1.79. The van der Waals surface area contributed by atoms with Crippen molar-refractivity contribution in [2.24, 2.45) is 0 Å². The van der Waals surface area contributed by atoms with Crippen LogP contribution in [0.3, 0.4) is 0 Å². The molecule has 0 bridgehead atoms. The maximum atomic E-state index is 10.4. The van der Waals surface area contributed by atoms with Crippen LogP contribution in [0, 0.1) is 0 Å². The molecule has 0 atom stereocenters. The first-order chi connectivity index (χ1) is 5.64. The van der Waals surface area contributed by atoms with Crippen molar-refractivity contribution in [3.63, 3.8) is 0 Å². The van der Waals surface area contributed by atoms with E-state index in [9.17, 15) is 9.13 Å². The van der Waals surface area contributed by atoms with Gasteiger partial charge in [0, 0.05) is 0 Å². The molecule has 0 aromatic heterocycles. The summed E-state index contributed by atoms with van der Waals surface area (Å²) >= 11 is 0. The number of aliphatic hydroxyl groups is 1. The Bertz CT molecular complexity index is 218. The summed E-state index contributed by atoms with van der Waals surface area (Å²) in [6.07, 6.45) is -1.76. The van der Waals surface area contributed by atoms with Gasteiger partial charge in [-0.1, -0.05) is 0 Å². The summed E-state index contributed by atoms with van der Waals surface area (Å²) in [6.45, 7) is -0.823. The number of aliphatic hydroxyl groups excluding tert-OH is 1. The van der Waals surface area contributed by atoms with Crippen LogP contribution in [-0.4, -0.2) is 48.9 Å². The molecule has 0 aliphatic heterocycles. The molecule has 0 saturated heterocycles. The van der Waals surface area contributed by atoms with Gasteiger partial charge in [-0.05, 0) is 0 Å². The molecule has 10 heteroatoms. The van der Waals surface area contributed by atoms with E-state index in [2.05, 4.69) is 0 Å². The molecule has 8 nitrogen and oxygen atoms in total. The summed E-state index contributed by atoms with van der Waals surface area (Å²) < 4.78 is 20.8. The second kappa shape index (κ2) is 4.63. The Morgan fingerprint density at radius 2 is 1.23 bits per heavy atom. The molecule has 0 unspecified atom stereocenters. The lowest BCUT2D eigenvalue weighted by molar-refractivity contribution is 0.128.